The van der Waals surface area contributed by atoms with E-state index < -0.39 is 0 Å². The lowest BCUT2D eigenvalue weighted by molar-refractivity contribution is -0.115. The third-order valence-corrected chi connectivity index (χ3v) is 14.4. The summed E-state index contributed by atoms with van der Waals surface area (Å²) in [6, 6.07) is 20.0. The van der Waals surface area contributed by atoms with Crippen molar-refractivity contribution in [3.8, 4) is 11.1 Å². The molecule has 0 nitrogen and oxygen atoms in total. The molecule has 0 amide bonds. The molecule has 7 aliphatic rings. The second kappa shape index (κ2) is 6.83. The van der Waals surface area contributed by atoms with E-state index in [0.29, 0.717) is 43.3 Å². The molecule has 0 radical (unpaired) electrons. The van der Waals surface area contributed by atoms with Crippen LogP contribution in [0.5, 0.6) is 0 Å². The van der Waals surface area contributed by atoms with E-state index in [4.69, 9.17) is 0 Å². The van der Waals surface area contributed by atoms with Crippen LogP contribution in [0.4, 0.5) is 0 Å². The monoisotopic (exact) mass is 506 g/mol. The maximum atomic E-state index is 2.64. The van der Waals surface area contributed by atoms with Gasteiger partial charge in [0.25, 0.3) is 0 Å². The first-order chi connectivity index (χ1) is 17.9. The highest BCUT2D eigenvalue weighted by Crippen LogP contribution is 2.85. The molecule has 0 N–H and O–H groups in total. The van der Waals surface area contributed by atoms with Crippen LogP contribution in [0.15, 0.2) is 48.5 Å². The van der Waals surface area contributed by atoms with Crippen LogP contribution in [-0.4, -0.2) is 0 Å². The normalized spacial score (nSPS) is 51.4. The topological polar surface area (TPSA) is 0 Å². The number of hydrogen-bond donors (Lipinski definition) is 0. The minimum Gasteiger partial charge on any atom is -0.0654 e. The number of benzene rings is 2. The Labute approximate surface area is 232 Å². The van der Waals surface area contributed by atoms with Crippen LogP contribution in [0.1, 0.15) is 130 Å². The molecular weight excluding hydrogens is 456 g/mol. The molecule has 6 bridgehead atoms. The minimum atomic E-state index is 0.395. The van der Waals surface area contributed by atoms with E-state index in [0.717, 1.165) is 0 Å². The Morgan fingerprint density at radius 1 is 0.526 bits per heavy atom. The molecule has 2 aromatic rings. The Hall–Kier alpha value is -1.56. The maximum absolute atomic E-state index is 2.64. The second-order valence-corrected chi connectivity index (χ2v) is 17.6. The van der Waals surface area contributed by atoms with Crippen LogP contribution >= 0.6 is 0 Å². The maximum Gasteiger partial charge on any atom is 0.00199 e. The van der Waals surface area contributed by atoms with Crippen molar-refractivity contribution >= 4 is 0 Å². The highest BCUT2D eigenvalue weighted by molar-refractivity contribution is 5.65. The van der Waals surface area contributed by atoms with Gasteiger partial charge in [0, 0.05) is 10.8 Å². The van der Waals surface area contributed by atoms with Gasteiger partial charge in [0.2, 0.25) is 0 Å². The zero-order chi connectivity index (χ0) is 26.5. The highest BCUT2D eigenvalue weighted by Gasteiger charge is 2.77. The van der Waals surface area contributed by atoms with Gasteiger partial charge in [0.15, 0.2) is 0 Å². The zero-order valence-electron chi connectivity index (χ0n) is 25.1. The van der Waals surface area contributed by atoms with E-state index in [1.807, 2.05) is 0 Å². The quantitative estimate of drug-likeness (QED) is 0.378. The smallest absolute Gasteiger partial charge is 0.00199 e. The van der Waals surface area contributed by atoms with Crippen LogP contribution in [0.2, 0.25) is 0 Å². The van der Waals surface area contributed by atoms with Gasteiger partial charge < -0.3 is 0 Å². The molecule has 0 heterocycles. The summed E-state index contributed by atoms with van der Waals surface area (Å²) in [5.41, 5.74) is 10.1. The predicted octanol–water partition coefficient (Wildman–Crippen LogP) is 10.6. The van der Waals surface area contributed by atoms with Crippen molar-refractivity contribution in [1.82, 2.24) is 0 Å². The van der Waals surface area contributed by atoms with Gasteiger partial charge in [-0.15, -0.1) is 0 Å². The first-order valence-electron chi connectivity index (χ1n) is 16.1. The molecule has 0 saturated heterocycles. The third-order valence-electron chi connectivity index (χ3n) is 14.4. The molecule has 2 aromatic carbocycles. The molecule has 9 rings (SSSR count). The summed E-state index contributed by atoms with van der Waals surface area (Å²) >= 11 is 0. The lowest BCUT2D eigenvalue weighted by Gasteiger charge is -2.65. The summed E-state index contributed by atoms with van der Waals surface area (Å²) in [6.07, 6.45) is 17.0. The summed E-state index contributed by atoms with van der Waals surface area (Å²) < 4.78 is 0. The molecule has 7 fully saturated rings. The highest BCUT2D eigenvalue weighted by atomic mass is 14.8. The minimum absolute atomic E-state index is 0.395. The summed E-state index contributed by atoms with van der Waals surface area (Å²) in [5.74, 6) is 0. The van der Waals surface area contributed by atoms with Gasteiger partial charge in [-0.3, -0.25) is 0 Å². The summed E-state index contributed by atoms with van der Waals surface area (Å²) in [5, 5.41) is 0. The van der Waals surface area contributed by atoms with Crippen molar-refractivity contribution in [2.45, 2.75) is 129 Å². The summed E-state index contributed by atoms with van der Waals surface area (Å²) in [6.45, 7) is 15.5. The van der Waals surface area contributed by atoms with Crippen molar-refractivity contribution in [2.75, 3.05) is 0 Å². The van der Waals surface area contributed by atoms with Gasteiger partial charge in [-0.05, 0) is 125 Å². The van der Waals surface area contributed by atoms with Crippen LogP contribution in [0.3, 0.4) is 0 Å². The molecule has 6 atom stereocenters. The molecule has 202 valence electrons. The van der Waals surface area contributed by atoms with Crippen molar-refractivity contribution < 1.29 is 0 Å². The molecule has 0 aromatic heterocycles. The summed E-state index contributed by atoms with van der Waals surface area (Å²) in [7, 11) is 0. The Balaban J connectivity index is 1.11. The average molecular weight is 507 g/mol. The van der Waals surface area contributed by atoms with E-state index in [-0.39, 0.29) is 0 Å². The van der Waals surface area contributed by atoms with Crippen molar-refractivity contribution in [3.05, 3.63) is 59.7 Å². The molecule has 0 heteroatoms. The molecule has 7 aliphatic carbocycles. The second-order valence-electron chi connectivity index (χ2n) is 17.6. The van der Waals surface area contributed by atoms with Crippen LogP contribution in [0, 0.1) is 32.5 Å². The molecule has 1 spiro atoms. The standard InChI is InChI=1S/C38H50/c1-7-16-36(23-33(4)20-34(5)17-18-38(34,36)26-33)29-12-8-27(9-13-29)28-10-14-30(15-11-28)37-24-31(2)19-32(3,25-37)22-35(37,6)21-31/h8-15H,7,16-26H2,1-6H3. The zero-order valence-corrected chi connectivity index (χ0v) is 25.1. The Bertz CT molecular complexity index is 1290. The fourth-order valence-electron chi connectivity index (χ4n) is 14.6. The molecule has 0 aliphatic heterocycles. The average Bonchev–Trinajstić information content (AvgIpc) is 3.34. The van der Waals surface area contributed by atoms with Gasteiger partial charge in [0.1, 0.15) is 0 Å². The SMILES string of the molecule is CCCC1(c2ccc(-c3ccc(C45CC6(C)CC(C)(CC4(C)C6)C5)cc3)cc2)CC2(C)CC3(C)CCC31C2. The van der Waals surface area contributed by atoms with E-state index in [9.17, 15) is 0 Å². The fraction of sp³-hybridized carbons (Fsp3) is 0.684. The fourth-order valence-corrected chi connectivity index (χ4v) is 14.6. The molecular formula is C38H50. The van der Waals surface area contributed by atoms with E-state index in [1.54, 1.807) is 11.1 Å². The van der Waals surface area contributed by atoms with Gasteiger partial charge in [-0.1, -0.05) is 96.5 Å². The van der Waals surface area contributed by atoms with E-state index in [1.165, 1.54) is 88.2 Å². The first kappa shape index (κ1) is 24.3. The van der Waals surface area contributed by atoms with Gasteiger partial charge in [-0.25, -0.2) is 0 Å². The van der Waals surface area contributed by atoms with E-state index >= 15 is 0 Å². The summed E-state index contributed by atoms with van der Waals surface area (Å²) in [4.78, 5) is 0. The van der Waals surface area contributed by atoms with E-state index in [2.05, 4.69) is 90.1 Å². The van der Waals surface area contributed by atoms with Crippen molar-refractivity contribution in [1.29, 1.82) is 0 Å². The van der Waals surface area contributed by atoms with Crippen LogP contribution < -0.4 is 0 Å². The number of hydrogen-bond acceptors (Lipinski definition) is 0. The largest absolute Gasteiger partial charge is 0.0654 e. The number of rotatable bonds is 5. The lowest BCUT2D eigenvalue weighted by Crippen LogP contribution is -2.59. The third kappa shape index (κ3) is 2.65. The van der Waals surface area contributed by atoms with Crippen molar-refractivity contribution in [3.63, 3.8) is 0 Å². The Morgan fingerprint density at radius 3 is 1.55 bits per heavy atom. The lowest BCUT2D eigenvalue weighted by atomic mass is 9.39. The molecule has 6 unspecified atom stereocenters. The Morgan fingerprint density at radius 2 is 1.05 bits per heavy atom. The number of fused-ring (bicyclic) bond motifs is 1. The first-order valence-corrected chi connectivity index (χ1v) is 16.1. The molecule has 38 heavy (non-hydrogen) atoms. The molecule has 7 saturated carbocycles. The van der Waals surface area contributed by atoms with Gasteiger partial charge in [-0.2, -0.15) is 0 Å². The van der Waals surface area contributed by atoms with Gasteiger partial charge >= 0.3 is 0 Å². The van der Waals surface area contributed by atoms with Crippen LogP contribution in [-0.2, 0) is 10.8 Å². The predicted molar refractivity (Wildman–Crippen MR) is 159 cm³/mol. The Kier molecular flexibility index (Phi) is 4.36. The van der Waals surface area contributed by atoms with Crippen molar-refractivity contribution in [2.24, 2.45) is 32.5 Å². The van der Waals surface area contributed by atoms with Gasteiger partial charge in [0.05, 0.1) is 0 Å². The van der Waals surface area contributed by atoms with Crippen LogP contribution in [0.25, 0.3) is 11.1 Å².